The van der Waals surface area contributed by atoms with Gasteiger partial charge in [0.25, 0.3) is 0 Å². The highest BCUT2D eigenvalue weighted by atomic mass is 35.5. The Bertz CT molecular complexity index is 979. The van der Waals surface area contributed by atoms with Crippen molar-refractivity contribution in [1.29, 1.82) is 0 Å². The van der Waals surface area contributed by atoms with E-state index in [2.05, 4.69) is 25.6 Å². The van der Waals surface area contributed by atoms with Gasteiger partial charge in [-0.3, -0.25) is 4.98 Å². The molecule has 3 heterocycles. The molecule has 0 unspecified atom stereocenters. The number of hydrogen-bond donors (Lipinski definition) is 1. The van der Waals surface area contributed by atoms with Crippen LogP contribution in [0.4, 0.5) is 0 Å². The molecular formula is C21H23ClN6. The lowest BCUT2D eigenvalue weighted by atomic mass is 9.86. The number of nitrogens with one attached hydrogen (secondary N) is 1. The van der Waals surface area contributed by atoms with Crippen LogP contribution in [0.5, 0.6) is 0 Å². The maximum atomic E-state index is 6.28. The number of aryl methyl sites for hydroxylation is 1. The highest BCUT2D eigenvalue weighted by Gasteiger charge is 2.30. The molecule has 2 aliphatic rings. The number of aromatic amines is 1. The van der Waals surface area contributed by atoms with Crippen LogP contribution in [-0.4, -0.2) is 30.6 Å². The standard InChI is InChI=1S/C21H23ClN6/c22-17-12-14(10-11-23-17)18-15-8-2-1-3-9-16(15)24-20(13-6-4-5-7-13)19(18)21-25-27-28-26-21/h10-13H,1-9H2,(H,25,26,27,28). The molecule has 1 N–H and O–H groups in total. The monoisotopic (exact) mass is 394 g/mol. The molecule has 1 fully saturated rings. The second-order valence-electron chi connectivity index (χ2n) is 7.82. The number of nitrogens with zero attached hydrogens (tertiary/aromatic N) is 5. The number of hydrogen-bond acceptors (Lipinski definition) is 5. The average molecular weight is 395 g/mol. The minimum Gasteiger partial charge on any atom is -0.256 e. The first-order valence-corrected chi connectivity index (χ1v) is 10.6. The van der Waals surface area contributed by atoms with Crippen LogP contribution in [-0.2, 0) is 12.8 Å². The second kappa shape index (κ2) is 7.59. The van der Waals surface area contributed by atoms with Gasteiger partial charge in [0.2, 0.25) is 5.82 Å². The Morgan fingerprint density at radius 3 is 2.64 bits per heavy atom. The third kappa shape index (κ3) is 3.20. The van der Waals surface area contributed by atoms with Gasteiger partial charge in [-0.15, -0.1) is 10.2 Å². The smallest absolute Gasteiger partial charge is 0.207 e. The third-order valence-corrected chi connectivity index (χ3v) is 6.28. The van der Waals surface area contributed by atoms with E-state index in [1.807, 2.05) is 12.1 Å². The van der Waals surface area contributed by atoms with E-state index >= 15 is 0 Å². The van der Waals surface area contributed by atoms with E-state index in [9.17, 15) is 0 Å². The molecule has 0 aromatic carbocycles. The summed E-state index contributed by atoms with van der Waals surface area (Å²) in [4.78, 5) is 9.44. The Morgan fingerprint density at radius 2 is 1.86 bits per heavy atom. The summed E-state index contributed by atoms with van der Waals surface area (Å²) in [6, 6.07) is 3.98. The summed E-state index contributed by atoms with van der Waals surface area (Å²) < 4.78 is 0. The third-order valence-electron chi connectivity index (χ3n) is 6.08. The van der Waals surface area contributed by atoms with Crippen molar-refractivity contribution in [3.63, 3.8) is 0 Å². The fourth-order valence-electron chi connectivity index (χ4n) is 4.80. The Morgan fingerprint density at radius 1 is 1.00 bits per heavy atom. The fraction of sp³-hybridized carbons (Fsp3) is 0.476. The van der Waals surface area contributed by atoms with Gasteiger partial charge in [0, 0.05) is 17.8 Å². The van der Waals surface area contributed by atoms with Gasteiger partial charge in [0.15, 0.2) is 0 Å². The van der Waals surface area contributed by atoms with Crippen LogP contribution < -0.4 is 0 Å². The molecule has 0 bridgehead atoms. The molecule has 0 saturated heterocycles. The zero-order chi connectivity index (χ0) is 18.9. The summed E-state index contributed by atoms with van der Waals surface area (Å²) in [6.45, 7) is 0. The Kier molecular flexibility index (Phi) is 4.81. The minimum atomic E-state index is 0.457. The Labute approximate surface area is 169 Å². The molecule has 0 radical (unpaired) electrons. The quantitative estimate of drug-likeness (QED) is 0.504. The summed E-state index contributed by atoms with van der Waals surface area (Å²) in [5.74, 6) is 1.09. The van der Waals surface area contributed by atoms with Crippen molar-refractivity contribution in [2.45, 2.75) is 63.7 Å². The van der Waals surface area contributed by atoms with Gasteiger partial charge < -0.3 is 0 Å². The number of tetrazole rings is 1. The van der Waals surface area contributed by atoms with E-state index in [-0.39, 0.29) is 0 Å². The molecule has 144 valence electrons. The van der Waals surface area contributed by atoms with Gasteiger partial charge >= 0.3 is 0 Å². The largest absolute Gasteiger partial charge is 0.256 e. The zero-order valence-corrected chi connectivity index (χ0v) is 16.5. The zero-order valence-electron chi connectivity index (χ0n) is 15.8. The molecule has 0 atom stereocenters. The van der Waals surface area contributed by atoms with E-state index in [0.717, 1.165) is 29.7 Å². The number of halogens is 1. The van der Waals surface area contributed by atoms with Gasteiger partial charge in [0.1, 0.15) is 5.15 Å². The average Bonchev–Trinajstić information content (AvgIpc) is 3.38. The summed E-state index contributed by atoms with van der Waals surface area (Å²) in [5, 5.41) is 15.7. The lowest BCUT2D eigenvalue weighted by Crippen LogP contribution is -2.10. The van der Waals surface area contributed by atoms with Gasteiger partial charge in [0.05, 0.1) is 11.3 Å². The molecule has 0 aliphatic heterocycles. The van der Waals surface area contributed by atoms with Crippen molar-refractivity contribution < 1.29 is 0 Å². The predicted molar refractivity (Wildman–Crippen MR) is 108 cm³/mol. The molecule has 3 aromatic rings. The van der Waals surface area contributed by atoms with Crippen LogP contribution in [0.2, 0.25) is 5.15 Å². The van der Waals surface area contributed by atoms with E-state index in [0.29, 0.717) is 16.9 Å². The van der Waals surface area contributed by atoms with Gasteiger partial charge in [-0.1, -0.05) is 30.9 Å². The molecule has 1 saturated carbocycles. The first-order chi connectivity index (χ1) is 13.8. The van der Waals surface area contributed by atoms with Crippen LogP contribution >= 0.6 is 11.6 Å². The molecule has 7 heteroatoms. The van der Waals surface area contributed by atoms with E-state index < -0.39 is 0 Å². The van der Waals surface area contributed by atoms with Crippen LogP contribution in [0.25, 0.3) is 22.5 Å². The topological polar surface area (TPSA) is 80.2 Å². The van der Waals surface area contributed by atoms with Crippen LogP contribution in [0.1, 0.15) is 67.8 Å². The normalized spacial score (nSPS) is 17.5. The number of rotatable bonds is 3. The van der Waals surface area contributed by atoms with Crippen molar-refractivity contribution in [3.8, 4) is 22.5 Å². The molecule has 5 rings (SSSR count). The minimum absolute atomic E-state index is 0.457. The molecule has 28 heavy (non-hydrogen) atoms. The highest BCUT2D eigenvalue weighted by Crippen LogP contribution is 2.45. The van der Waals surface area contributed by atoms with Crippen molar-refractivity contribution in [2.24, 2.45) is 0 Å². The Hall–Kier alpha value is -2.34. The van der Waals surface area contributed by atoms with Gasteiger partial charge in [-0.25, -0.2) is 4.98 Å². The molecular weight excluding hydrogens is 372 g/mol. The van der Waals surface area contributed by atoms with Crippen molar-refractivity contribution >= 4 is 11.6 Å². The van der Waals surface area contributed by atoms with Gasteiger partial charge in [-0.2, -0.15) is 5.21 Å². The SMILES string of the molecule is Clc1cc(-c2c3c(nc(C4CCCC4)c2-c2nn[nH]n2)CCCCC3)ccn1. The summed E-state index contributed by atoms with van der Waals surface area (Å²) >= 11 is 6.28. The molecule has 2 aliphatic carbocycles. The van der Waals surface area contributed by atoms with Crippen molar-refractivity contribution in [1.82, 2.24) is 30.6 Å². The summed E-state index contributed by atoms with van der Waals surface area (Å²) in [7, 11) is 0. The predicted octanol–water partition coefficient (Wildman–Crippen LogP) is 4.90. The maximum Gasteiger partial charge on any atom is 0.207 e. The van der Waals surface area contributed by atoms with Crippen LogP contribution in [0.15, 0.2) is 18.3 Å². The fourth-order valence-corrected chi connectivity index (χ4v) is 4.98. The van der Waals surface area contributed by atoms with Crippen molar-refractivity contribution in [3.05, 3.63) is 40.4 Å². The molecule has 6 nitrogen and oxygen atoms in total. The maximum absolute atomic E-state index is 6.28. The lowest BCUT2D eigenvalue weighted by Gasteiger charge is -2.22. The number of pyridine rings is 2. The molecule has 0 amide bonds. The Balaban J connectivity index is 1.84. The highest BCUT2D eigenvalue weighted by molar-refractivity contribution is 6.29. The van der Waals surface area contributed by atoms with E-state index in [4.69, 9.17) is 16.6 Å². The van der Waals surface area contributed by atoms with Gasteiger partial charge in [-0.05, 0) is 72.6 Å². The summed E-state index contributed by atoms with van der Waals surface area (Å²) in [5.41, 5.74) is 6.99. The van der Waals surface area contributed by atoms with E-state index in [1.165, 1.54) is 61.8 Å². The first-order valence-electron chi connectivity index (χ1n) is 10.2. The lowest BCUT2D eigenvalue weighted by molar-refractivity contribution is 0.684. The second-order valence-corrected chi connectivity index (χ2v) is 8.20. The van der Waals surface area contributed by atoms with Crippen molar-refractivity contribution in [2.75, 3.05) is 0 Å². The van der Waals surface area contributed by atoms with Crippen LogP contribution in [0, 0.1) is 0 Å². The number of aromatic nitrogens is 6. The first kappa shape index (κ1) is 17.7. The molecule has 3 aromatic heterocycles. The van der Waals surface area contributed by atoms with Crippen LogP contribution in [0.3, 0.4) is 0 Å². The number of fused-ring (bicyclic) bond motifs is 1. The number of H-pyrrole nitrogens is 1. The summed E-state index contributed by atoms with van der Waals surface area (Å²) in [6.07, 6.45) is 12.3. The molecule has 0 spiro atoms. The van der Waals surface area contributed by atoms with E-state index in [1.54, 1.807) is 6.20 Å².